The van der Waals surface area contributed by atoms with Crippen LogP contribution in [0.5, 0.6) is 0 Å². The molecule has 0 aliphatic carbocycles. The summed E-state index contributed by atoms with van der Waals surface area (Å²) in [7, 11) is 0. The zero-order valence-corrected chi connectivity index (χ0v) is 12.2. The van der Waals surface area contributed by atoms with Crippen LogP contribution in [0, 0.1) is 12.7 Å². The van der Waals surface area contributed by atoms with E-state index in [0.29, 0.717) is 0 Å². The van der Waals surface area contributed by atoms with Gasteiger partial charge < -0.3 is 5.32 Å². The van der Waals surface area contributed by atoms with Gasteiger partial charge in [0.25, 0.3) is 0 Å². The molecule has 106 valence electrons. The average Bonchev–Trinajstić information content (AvgIpc) is 2.38. The fraction of sp³-hybridized carbons (Fsp3) is 0.529. The molecule has 1 nitrogen and oxygen atoms in total. The van der Waals surface area contributed by atoms with Crippen LogP contribution < -0.4 is 5.32 Å². The molecular weight excluding hydrogens is 237 g/mol. The molecule has 19 heavy (non-hydrogen) atoms. The van der Waals surface area contributed by atoms with Crippen molar-refractivity contribution in [1.82, 2.24) is 5.32 Å². The Morgan fingerprint density at radius 2 is 2.11 bits per heavy atom. The van der Waals surface area contributed by atoms with Crippen LogP contribution in [0.2, 0.25) is 0 Å². The normalized spacial score (nSPS) is 12.4. The second kappa shape index (κ2) is 8.87. The van der Waals surface area contributed by atoms with Crippen LogP contribution in [-0.4, -0.2) is 6.54 Å². The third-order valence-electron chi connectivity index (χ3n) is 3.38. The van der Waals surface area contributed by atoms with Gasteiger partial charge in [0.05, 0.1) is 0 Å². The van der Waals surface area contributed by atoms with E-state index >= 15 is 0 Å². The molecule has 1 N–H and O–H groups in total. The summed E-state index contributed by atoms with van der Waals surface area (Å²) >= 11 is 0. The fourth-order valence-corrected chi connectivity index (χ4v) is 2.34. The van der Waals surface area contributed by atoms with Crippen LogP contribution in [0.1, 0.15) is 56.2 Å². The van der Waals surface area contributed by atoms with Crippen molar-refractivity contribution < 1.29 is 4.39 Å². The summed E-state index contributed by atoms with van der Waals surface area (Å²) in [5.74, 6) is -0.0861. The fourth-order valence-electron chi connectivity index (χ4n) is 2.34. The van der Waals surface area contributed by atoms with Gasteiger partial charge in [0.2, 0.25) is 0 Å². The van der Waals surface area contributed by atoms with Gasteiger partial charge >= 0.3 is 0 Å². The second-order valence-corrected chi connectivity index (χ2v) is 5.06. The molecule has 0 saturated carbocycles. The predicted molar refractivity (Wildman–Crippen MR) is 80.8 cm³/mol. The Bertz CT molecular complexity index is 387. The number of hydrogen-bond donors (Lipinski definition) is 1. The minimum absolute atomic E-state index is 0.0861. The van der Waals surface area contributed by atoms with Crippen molar-refractivity contribution >= 4 is 0 Å². The number of halogens is 1. The standard InChI is InChI=1S/C17H26FN/c1-4-6-7-8-9-10-17(19-5-2)15-12-11-14(3)13-16(15)18/h4,11-13,17,19H,1,5-10H2,2-3H3. The molecule has 2 heteroatoms. The predicted octanol–water partition coefficient (Wildman–Crippen LogP) is 4.92. The molecule has 0 spiro atoms. The Labute approximate surface area is 116 Å². The Morgan fingerprint density at radius 3 is 2.74 bits per heavy atom. The lowest BCUT2D eigenvalue weighted by Crippen LogP contribution is -2.22. The van der Waals surface area contributed by atoms with Crippen LogP contribution in [0.3, 0.4) is 0 Å². The summed E-state index contributed by atoms with van der Waals surface area (Å²) in [5, 5.41) is 3.39. The van der Waals surface area contributed by atoms with Crippen molar-refractivity contribution in [2.75, 3.05) is 6.54 Å². The van der Waals surface area contributed by atoms with Gasteiger partial charge in [0, 0.05) is 11.6 Å². The number of nitrogens with one attached hydrogen (secondary N) is 1. The SMILES string of the molecule is C=CCCCCCC(NCC)c1ccc(C)cc1F. The summed E-state index contributed by atoms with van der Waals surface area (Å²) in [6, 6.07) is 5.66. The van der Waals surface area contributed by atoms with Gasteiger partial charge in [-0.2, -0.15) is 0 Å². The number of benzene rings is 1. The van der Waals surface area contributed by atoms with E-state index in [2.05, 4.69) is 18.8 Å². The summed E-state index contributed by atoms with van der Waals surface area (Å²) < 4.78 is 14.0. The highest BCUT2D eigenvalue weighted by Gasteiger charge is 2.14. The number of hydrogen-bond acceptors (Lipinski definition) is 1. The van der Waals surface area contributed by atoms with Gasteiger partial charge in [-0.05, 0) is 44.4 Å². The molecule has 1 aromatic rings. The van der Waals surface area contributed by atoms with Crippen LogP contribution in [-0.2, 0) is 0 Å². The van der Waals surface area contributed by atoms with E-state index in [9.17, 15) is 4.39 Å². The van der Waals surface area contributed by atoms with Crippen LogP contribution in [0.4, 0.5) is 4.39 Å². The van der Waals surface area contributed by atoms with E-state index in [0.717, 1.165) is 36.9 Å². The number of rotatable bonds is 9. The molecular formula is C17H26FN. The Kier molecular flexibility index (Phi) is 7.42. The lowest BCUT2D eigenvalue weighted by molar-refractivity contribution is 0.462. The van der Waals surface area contributed by atoms with Crippen LogP contribution in [0.25, 0.3) is 0 Å². The first-order valence-electron chi connectivity index (χ1n) is 7.29. The van der Waals surface area contributed by atoms with Crippen LogP contribution >= 0.6 is 0 Å². The molecule has 0 aromatic heterocycles. The zero-order valence-electron chi connectivity index (χ0n) is 12.2. The van der Waals surface area contributed by atoms with Crippen molar-refractivity contribution in [3.8, 4) is 0 Å². The van der Waals surface area contributed by atoms with Crippen molar-refractivity contribution in [2.45, 2.75) is 52.0 Å². The Morgan fingerprint density at radius 1 is 1.32 bits per heavy atom. The third kappa shape index (κ3) is 5.56. The third-order valence-corrected chi connectivity index (χ3v) is 3.38. The van der Waals surface area contributed by atoms with Gasteiger partial charge in [-0.3, -0.25) is 0 Å². The van der Waals surface area contributed by atoms with Crippen molar-refractivity contribution in [2.24, 2.45) is 0 Å². The maximum absolute atomic E-state index is 14.0. The first kappa shape index (κ1) is 15.9. The summed E-state index contributed by atoms with van der Waals surface area (Å²) in [5.41, 5.74) is 1.78. The van der Waals surface area contributed by atoms with Gasteiger partial charge in [-0.25, -0.2) is 4.39 Å². The van der Waals surface area contributed by atoms with E-state index in [1.807, 2.05) is 25.1 Å². The molecule has 1 unspecified atom stereocenters. The highest BCUT2D eigenvalue weighted by Crippen LogP contribution is 2.23. The largest absolute Gasteiger partial charge is 0.310 e. The molecule has 0 amide bonds. The topological polar surface area (TPSA) is 12.0 Å². The molecule has 0 bridgehead atoms. The lowest BCUT2D eigenvalue weighted by atomic mass is 9.98. The van der Waals surface area contributed by atoms with Gasteiger partial charge in [-0.1, -0.05) is 38.0 Å². The van der Waals surface area contributed by atoms with Gasteiger partial charge in [0.1, 0.15) is 5.82 Å². The molecule has 0 fully saturated rings. The monoisotopic (exact) mass is 263 g/mol. The maximum atomic E-state index is 14.0. The molecule has 1 atom stereocenters. The number of aryl methyl sites for hydroxylation is 1. The molecule has 0 radical (unpaired) electrons. The maximum Gasteiger partial charge on any atom is 0.128 e. The van der Waals surface area contributed by atoms with Crippen molar-refractivity contribution in [3.63, 3.8) is 0 Å². The molecule has 0 saturated heterocycles. The van der Waals surface area contributed by atoms with E-state index in [4.69, 9.17) is 0 Å². The van der Waals surface area contributed by atoms with Crippen molar-refractivity contribution in [3.05, 3.63) is 47.8 Å². The minimum Gasteiger partial charge on any atom is -0.310 e. The Balaban J connectivity index is 2.58. The van der Waals surface area contributed by atoms with Crippen molar-refractivity contribution in [1.29, 1.82) is 0 Å². The Hall–Kier alpha value is -1.15. The molecule has 0 aliphatic rings. The highest BCUT2D eigenvalue weighted by atomic mass is 19.1. The lowest BCUT2D eigenvalue weighted by Gasteiger charge is -2.19. The zero-order chi connectivity index (χ0) is 14.1. The van der Waals surface area contributed by atoms with Gasteiger partial charge in [0.15, 0.2) is 0 Å². The summed E-state index contributed by atoms with van der Waals surface area (Å²) in [6.45, 7) is 8.58. The first-order valence-corrected chi connectivity index (χ1v) is 7.29. The molecule has 1 aromatic carbocycles. The first-order chi connectivity index (χ1) is 9.19. The molecule has 1 rings (SSSR count). The quantitative estimate of drug-likeness (QED) is 0.492. The minimum atomic E-state index is -0.0861. The van der Waals surface area contributed by atoms with E-state index < -0.39 is 0 Å². The van der Waals surface area contributed by atoms with E-state index in [-0.39, 0.29) is 11.9 Å². The average molecular weight is 263 g/mol. The number of unbranched alkanes of at least 4 members (excludes halogenated alkanes) is 3. The summed E-state index contributed by atoms with van der Waals surface area (Å²) in [6.07, 6.45) is 7.51. The highest BCUT2D eigenvalue weighted by molar-refractivity contribution is 5.26. The molecule has 0 heterocycles. The second-order valence-electron chi connectivity index (χ2n) is 5.06. The summed E-state index contributed by atoms with van der Waals surface area (Å²) in [4.78, 5) is 0. The molecule has 0 aliphatic heterocycles. The van der Waals surface area contributed by atoms with E-state index in [1.165, 1.54) is 12.8 Å². The van der Waals surface area contributed by atoms with Crippen LogP contribution in [0.15, 0.2) is 30.9 Å². The van der Waals surface area contributed by atoms with E-state index in [1.54, 1.807) is 6.07 Å². The number of allylic oxidation sites excluding steroid dienone is 1. The smallest absolute Gasteiger partial charge is 0.128 e. The van der Waals surface area contributed by atoms with Gasteiger partial charge in [-0.15, -0.1) is 6.58 Å².